The van der Waals surface area contributed by atoms with Crippen LogP contribution in [0.1, 0.15) is 36.0 Å². The summed E-state index contributed by atoms with van der Waals surface area (Å²) < 4.78 is 37.6. The van der Waals surface area contributed by atoms with Gasteiger partial charge in [-0.25, -0.2) is 4.98 Å². The van der Waals surface area contributed by atoms with E-state index >= 15 is 0 Å². The van der Waals surface area contributed by atoms with E-state index in [-0.39, 0.29) is 0 Å². The Kier molecular flexibility index (Phi) is 7.24. The molecule has 0 spiro atoms. The second kappa shape index (κ2) is 9.19. The highest BCUT2D eigenvalue weighted by atomic mass is 32.1. The number of hydrogen-bond acceptors (Lipinski definition) is 4. The molecule has 0 aromatic carbocycles. The number of aliphatic imine (C=N–C) groups is 1. The van der Waals surface area contributed by atoms with Crippen molar-refractivity contribution in [1.82, 2.24) is 15.6 Å². The minimum atomic E-state index is -4.38. The second-order valence-corrected chi connectivity index (χ2v) is 7.20. The van der Waals surface area contributed by atoms with Crippen molar-refractivity contribution in [2.24, 2.45) is 4.99 Å². The Hall–Kier alpha value is -1.61. The van der Waals surface area contributed by atoms with Gasteiger partial charge in [0.05, 0.1) is 5.01 Å². The topological polar surface area (TPSA) is 49.3 Å². The number of thiazole rings is 1. The summed E-state index contributed by atoms with van der Waals surface area (Å²) in [5, 5.41) is 12.0. The molecule has 0 saturated carbocycles. The molecule has 9 heteroatoms. The summed E-state index contributed by atoms with van der Waals surface area (Å²) >= 11 is 2.69. The third kappa shape index (κ3) is 6.32. The van der Waals surface area contributed by atoms with Crippen molar-refractivity contribution in [3.63, 3.8) is 0 Å². The average molecular weight is 390 g/mol. The number of nitrogens with one attached hydrogen (secondary N) is 2. The first-order valence-corrected chi connectivity index (χ1v) is 9.78. The molecule has 1 unspecified atom stereocenters. The van der Waals surface area contributed by atoms with Crippen molar-refractivity contribution < 1.29 is 13.2 Å². The third-order valence-electron chi connectivity index (χ3n) is 3.45. The molecule has 0 aliphatic rings. The molecule has 0 amide bonds. The highest BCUT2D eigenvalue weighted by Crippen LogP contribution is 2.30. The predicted octanol–water partition coefficient (Wildman–Crippen LogP) is 4.12. The number of aromatic nitrogens is 1. The van der Waals surface area contributed by atoms with Crippen LogP contribution in [0.2, 0.25) is 0 Å². The number of guanidine groups is 1. The zero-order valence-corrected chi connectivity index (χ0v) is 15.7. The zero-order valence-electron chi connectivity index (χ0n) is 14.1. The van der Waals surface area contributed by atoms with Crippen LogP contribution in [0.3, 0.4) is 0 Å². The van der Waals surface area contributed by atoms with Crippen LogP contribution >= 0.6 is 22.7 Å². The van der Waals surface area contributed by atoms with Gasteiger partial charge in [-0.1, -0.05) is 6.92 Å². The molecule has 0 aliphatic carbocycles. The smallest absolute Gasteiger partial charge is 0.357 e. The number of thiophene rings is 1. The van der Waals surface area contributed by atoms with Gasteiger partial charge < -0.3 is 10.6 Å². The van der Waals surface area contributed by atoms with E-state index in [0.29, 0.717) is 42.9 Å². The van der Waals surface area contributed by atoms with Gasteiger partial charge in [-0.2, -0.15) is 24.5 Å². The molecule has 2 aromatic rings. The lowest BCUT2D eigenvalue weighted by atomic mass is 10.1. The third-order valence-corrected chi connectivity index (χ3v) is 5.06. The van der Waals surface area contributed by atoms with Gasteiger partial charge >= 0.3 is 6.18 Å². The average Bonchev–Trinajstić information content (AvgIpc) is 3.23. The minimum absolute atomic E-state index is 0.315. The zero-order chi connectivity index (χ0) is 18.3. The van der Waals surface area contributed by atoms with E-state index in [9.17, 15) is 13.2 Å². The predicted molar refractivity (Wildman–Crippen MR) is 97.5 cm³/mol. The molecule has 2 heterocycles. The molecule has 2 N–H and O–H groups in total. The molecular weight excluding hydrogens is 369 g/mol. The Bertz CT molecular complexity index is 665. The standard InChI is InChI=1S/C16H21F3N4S2/c1-3-20-15(22-8-11(2)12-5-7-24-9-12)21-6-4-14-23-13(10-25-14)16(17,18)19/h5,7,9-11H,3-4,6,8H2,1-2H3,(H2,20,21,22). The molecule has 4 nitrogen and oxygen atoms in total. The van der Waals surface area contributed by atoms with Crippen LogP contribution < -0.4 is 10.6 Å². The van der Waals surface area contributed by atoms with Gasteiger partial charge in [-0.3, -0.25) is 4.99 Å². The second-order valence-electron chi connectivity index (χ2n) is 5.48. The molecule has 0 radical (unpaired) electrons. The molecule has 25 heavy (non-hydrogen) atoms. The lowest BCUT2D eigenvalue weighted by molar-refractivity contribution is -0.140. The maximum atomic E-state index is 12.5. The summed E-state index contributed by atoms with van der Waals surface area (Å²) in [5.41, 5.74) is 0.435. The van der Waals surface area contributed by atoms with Crippen molar-refractivity contribution >= 4 is 28.6 Å². The van der Waals surface area contributed by atoms with Crippen molar-refractivity contribution in [2.45, 2.75) is 32.4 Å². The number of halogens is 3. The number of rotatable bonds is 7. The van der Waals surface area contributed by atoms with Crippen LogP contribution in [0.15, 0.2) is 27.2 Å². The van der Waals surface area contributed by atoms with Gasteiger partial charge in [-0.15, -0.1) is 11.3 Å². The van der Waals surface area contributed by atoms with Gasteiger partial charge in [0, 0.05) is 37.4 Å². The van der Waals surface area contributed by atoms with Crippen LogP contribution in [-0.2, 0) is 12.6 Å². The summed E-state index contributed by atoms with van der Waals surface area (Å²) in [6, 6.07) is 2.09. The Morgan fingerprint density at radius 2 is 2.12 bits per heavy atom. The van der Waals surface area contributed by atoms with E-state index in [4.69, 9.17) is 0 Å². The largest absolute Gasteiger partial charge is 0.434 e. The molecule has 0 saturated heterocycles. The van der Waals surface area contributed by atoms with Crippen molar-refractivity contribution in [3.05, 3.63) is 38.5 Å². The van der Waals surface area contributed by atoms with E-state index in [1.54, 1.807) is 11.3 Å². The lowest BCUT2D eigenvalue weighted by Gasteiger charge is -2.12. The molecule has 0 aliphatic heterocycles. The fourth-order valence-corrected chi connectivity index (χ4v) is 3.66. The summed E-state index contributed by atoms with van der Waals surface area (Å²) in [7, 11) is 0. The van der Waals surface area contributed by atoms with E-state index in [2.05, 4.69) is 39.0 Å². The first-order chi connectivity index (χ1) is 11.9. The van der Waals surface area contributed by atoms with E-state index in [1.165, 1.54) is 5.56 Å². The van der Waals surface area contributed by atoms with Crippen molar-refractivity contribution in [2.75, 3.05) is 19.6 Å². The summed E-state index contributed by atoms with van der Waals surface area (Å²) in [6.45, 7) is 5.92. The van der Waals surface area contributed by atoms with E-state index in [0.717, 1.165) is 16.7 Å². The van der Waals surface area contributed by atoms with Crippen molar-refractivity contribution in [3.8, 4) is 0 Å². The van der Waals surface area contributed by atoms with E-state index < -0.39 is 11.9 Å². The van der Waals surface area contributed by atoms with Gasteiger partial charge in [0.2, 0.25) is 0 Å². The number of nitrogens with zero attached hydrogens (tertiary/aromatic N) is 2. The lowest BCUT2D eigenvalue weighted by Crippen LogP contribution is -2.38. The minimum Gasteiger partial charge on any atom is -0.357 e. The first-order valence-electron chi connectivity index (χ1n) is 7.96. The Labute approximate surface area is 153 Å². The molecule has 2 aromatic heterocycles. The van der Waals surface area contributed by atoms with Gasteiger partial charge in [0.1, 0.15) is 0 Å². The number of alkyl halides is 3. The molecule has 0 fully saturated rings. The molecular formula is C16H21F3N4S2. The van der Waals surface area contributed by atoms with Crippen LogP contribution in [-0.4, -0.2) is 30.6 Å². The quantitative estimate of drug-likeness (QED) is 0.552. The summed E-state index contributed by atoms with van der Waals surface area (Å²) in [5.74, 6) is 0.979. The fraction of sp³-hybridized carbons (Fsp3) is 0.500. The maximum Gasteiger partial charge on any atom is 0.434 e. The Morgan fingerprint density at radius 1 is 1.32 bits per heavy atom. The summed E-state index contributed by atoms with van der Waals surface area (Å²) in [6.07, 6.45) is -3.96. The molecule has 2 rings (SSSR count). The fourth-order valence-electron chi connectivity index (χ4n) is 2.07. The normalized spacial score (nSPS) is 13.7. The Morgan fingerprint density at radius 3 is 2.72 bits per heavy atom. The van der Waals surface area contributed by atoms with Gasteiger partial charge in [0.15, 0.2) is 11.7 Å². The van der Waals surface area contributed by atoms with Crippen LogP contribution in [0.25, 0.3) is 0 Å². The van der Waals surface area contributed by atoms with Crippen LogP contribution in [0.5, 0.6) is 0 Å². The maximum absolute atomic E-state index is 12.5. The SMILES string of the molecule is CCNC(=NCC(C)c1ccsc1)NCCc1nc(C(F)(F)F)cs1. The summed E-state index contributed by atoms with van der Waals surface area (Å²) in [4.78, 5) is 8.17. The molecule has 1 atom stereocenters. The van der Waals surface area contributed by atoms with Gasteiger partial charge in [0.25, 0.3) is 0 Å². The Balaban J connectivity index is 1.84. The van der Waals surface area contributed by atoms with Crippen molar-refractivity contribution in [1.29, 1.82) is 0 Å². The number of hydrogen-bond donors (Lipinski definition) is 2. The van der Waals surface area contributed by atoms with Crippen LogP contribution in [0, 0.1) is 0 Å². The highest BCUT2D eigenvalue weighted by Gasteiger charge is 2.33. The molecule has 138 valence electrons. The van der Waals surface area contributed by atoms with E-state index in [1.807, 2.05) is 12.3 Å². The molecule has 0 bridgehead atoms. The monoisotopic (exact) mass is 390 g/mol. The van der Waals surface area contributed by atoms with Crippen LogP contribution in [0.4, 0.5) is 13.2 Å². The first kappa shape index (κ1) is 19.7. The highest BCUT2D eigenvalue weighted by molar-refractivity contribution is 7.09. The van der Waals surface area contributed by atoms with Gasteiger partial charge in [-0.05, 0) is 29.3 Å².